The number of hydrogen-bond donors (Lipinski definition) is 0. The number of Topliss-reactive ketones (excluding diaryl/α,β-unsaturated/α-hetero) is 2. The first-order chi connectivity index (χ1) is 7.97. The number of carbonyl (C=O) groups excluding carboxylic acids is 2. The molecule has 0 aliphatic carbocycles. The van der Waals surface area contributed by atoms with E-state index >= 15 is 0 Å². The largest absolute Gasteiger partial charge is 0.296 e. The van der Waals surface area contributed by atoms with Crippen molar-refractivity contribution in [1.82, 2.24) is 0 Å². The molecule has 1 unspecified atom stereocenters. The maximum absolute atomic E-state index is 13.4. The molecule has 0 N–H and O–H groups in total. The van der Waals surface area contributed by atoms with Crippen LogP contribution in [-0.4, -0.2) is 17.7 Å². The van der Waals surface area contributed by atoms with E-state index in [4.69, 9.17) is 0 Å². The Hall–Kier alpha value is -1.65. The van der Waals surface area contributed by atoms with Gasteiger partial charge in [0.15, 0.2) is 5.78 Å². The van der Waals surface area contributed by atoms with Crippen LogP contribution in [0.25, 0.3) is 0 Å². The zero-order valence-corrected chi connectivity index (χ0v) is 9.17. The molecule has 0 saturated carbocycles. The molecule has 0 spiro atoms. The third kappa shape index (κ3) is 3.15. The number of ketones is 2. The lowest BCUT2D eigenvalue weighted by molar-refractivity contribution is -0.122. The van der Waals surface area contributed by atoms with Gasteiger partial charge in [0.25, 0.3) is 0 Å². The van der Waals surface area contributed by atoms with E-state index in [9.17, 15) is 22.8 Å². The lowest BCUT2D eigenvalue weighted by Gasteiger charge is -2.06. The van der Waals surface area contributed by atoms with Crippen molar-refractivity contribution in [3.63, 3.8) is 0 Å². The maximum atomic E-state index is 13.4. The van der Waals surface area contributed by atoms with E-state index in [1.807, 2.05) is 0 Å². The van der Waals surface area contributed by atoms with E-state index in [1.165, 1.54) is 0 Å². The summed E-state index contributed by atoms with van der Waals surface area (Å²) in [7, 11) is 0. The zero-order valence-electron chi connectivity index (χ0n) is 9.17. The Bertz CT molecular complexity index is 443. The van der Waals surface area contributed by atoms with Gasteiger partial charge in [-0.15, -0.1) is 0 Å². The molecule has 17 heavy (non-hydrogen) atoms. The fourth-order valence-electron chi connectivity index (χ4n) is 1.34. The van der Waals surface area contributed by atoms with Crippen LogP contribution >= 0.6 is 0 Å². The summed E-state index contributed by atoms with van der Waals surface area (Å²) < 4.78 is 39.3. The maximum Gasteiger partial charge on any atom is 0.220 e. The van der Waals surface area contributed by atoms with Crippen molar-refractivity contribution in [2.45, 2.75) is 25.9 Å². The van der Waals surface area contributed by atoms with Crippen LogP contribution in [-0.2, 0) is 4.79 Å². The highest BCUT2D eigenvalue weighted by Crippen LogP contribution is 2.15. The van der Waals surface area contributed by atoms with Crippen LogP contribution in [0.5, 0.6) is 0 Å². The van der Waals surface area contributed by atoms with E-state index in [0.717, 1.165) is 12.1 Å². The molecule has 0 aromatic heterocycles. The fraction of sp³-hybridized carbons (Fsp3) is 0.333. The second kappa shape index (κ2) is 5.61. The predicted octanol–water partition coefficient (Wildman–Crippen LogP) is 2.85. The van der Waals surface area contributed by atoms with Gasteiger partial charge < -0.3 is 0 Å². The minimum atomic E-state index is -2.42. The molecule has 2 nitrogen and oxygen atoms in total. The molecule has 0 amide bonds. The van der Waals surface area contributed by atoms with Crippen molar-refractivity contribution < 1.29 is 22.8 Å². The van der Waals surface area contributed by atoms with E-state index in [-0.39, 0.29) is 6.42 Å². The van der Waals surface area contributed by atoms with Crippen molar-refractivity contribution in [3.8, 4) is 0 Å². The topological polar surface area (TPSA) is 34.1 Å². The number of alkyl halides is 1. The molecule has 0 heterocycles. The number of carbonyl (C=O) groups is 2. The van der Waals surface area contributed by atoms with Gasteiger partial charge in [0, 0.05) is 6.42 Å². The van der Waals surface area contributed by atoms with Gasteiger partial charge in [-0.2, -0.15) is 0 Å². The normalized spacial score (nSPS) is 12.2. The van der Waals surface area contributed by atoms with Gasteiger partial charge in [-0.3, -0.25) is 9.59 Å². The first-order valence-corrected chi connectivity index (χ1v) is 5.13. The molecule has 5 heteroatoms. The van der Waals surface area contributed by atoms with Gasteiger partial charge >= 0.3 is 0 Å². The lowest BCUT2D eigenvalue weighted by Crippen LogP contribution is -2.26. The smallest absolute Gasteiger partial charge is 0.220 e. The summed E-state index contributed by atoms with van der Waals surface area (Å²) >= 11 is 0. The number of halogens is 3. The van der Waals surface area contributed by atoms with E-state index in [1.54, 1.807) is 6.92 Å². The Balaban J connectivity index is 2.96. The second-order valence-electron chi connectivity index (χ2n) is 3.57. The molecule has 1 rings (SSSR count). The molecular formula is C12H11F3O2. The zero-order chi connectivity index (χ0) is 13.0. The molecule has 1 aromatic rings. The van der Waals surface area contributed by atoms with Crippen LogP contribution < -0.4 is 0 Å². The van der Waals surface area contributed by atoms with Gasteiger partial charge in [0.05, 0.1) is 5.56 Å². The van der Waals surface area contributed by atoms with Gasteiger partial charge in [0.2, 0.25) is 12.0 Å². The van der Waals surface area contributed by atoms with E-state index in [2.05, 4.69) is 0 Å². The van der Waals surface area contributed by atoms with Crippen molar-refractivity contribution >= 4 is 11.6 Å². The van der Waals surface area contributed by atoms with Crippen molar-refractivity contribution in [2.75, 3.05) is 0 Å². The van der Waals surface area contributed by atoms with Gasteiger partial charge in [-0.05, 0) is 24.6 Å². The molecule has 0 aliphatic rings. The summed E-state index contributed by atoms with van der Waals surface area (Å²) in [6.45, 7) is 1.65. The number of hydrogen-bond acceptors (Lipinski definition) is 2. The Morgan fingerprint density at radius 2 is 1.94 bits per heavy atom. The van der Waals surface area contributed by atoms with Gasteiger partial charge in [-0.1, -0.05) is 6.92 Å². The molecule has 1 atom stereocenters. The molecule has 0 saturated heterocycles. The Kier molecular flexibility index (Phi) is 4.43. The summed E-state index contributed by atoms with van der Waals surface area (Å²) in [5, 5.41) is 0. The summed E-state index contributed by atoms with van der Waals surface area (Å²) in [5.74, 6) is -4.14. The van der Waals surface area contributed by atoms with Crippen LogP contribution in [0.4, 0.5) is 13.2 Å². The van der Waals surface area contributed by atoms with E-state index < -0.39 is 34.9 Å². The van der Waals surface area contributed by atoms with Crippen LogP contribution in [0, 0.1) is 11.6 Å². The summed E-state index contributed by atoms with van der Waals surface area (Å²) in [4.78, 5) is 22.6. The molecule has 92 valence electrons. The number of benzene rings is 1. The predicted molar refractivity (Wildman–Crippen MR) is 55.5 cm³/mol. The quantitative estimate of drug-likeness (QED) is 0.589. The van der Waals surface area contributed by atoms with Crippen molar-refractivity contribution in [1.29, 1.82) is 0 Å². The summed E-state index contributed by atoms with van der Waals surface area (Å²) in [6, 6.07) is 2.12. The molecule has 0 fully saturated rings. The molecular weight excluding hydrogens is 233 g/mol. The number of rotatable bonds is 5. The second-order valence-corrected chi connectivity index (χ2v) is 3.57. The molecule has 0 aliphatic heterocycles. The third-order valence-electron chi connectivity index (χ3n) is 2.20. The first-order valence-electron chi connectivity index (χ1n) is 5.13. The molecule has 1 aromatic carbocycles. The van der Waals surface area contributed by atoms with Gasteiger partial charge in [0.1, 0.15) is 11.6 Å². The monoisotopic (exact) mass is 244 g/mol. The average molecular weight is 244 g/mol. The van der Waals surface area contributed by atoms with Gasteiger partial charge in [-0.25, -0.2) is 13.2 Å². The highest BCUT2D eigenvalue weighted by molar-refractivity contribution is 6.13. The first kappa shape index (κ1) is 13.4. The SMILES string of the molecule is CCCC(=O)C(F)C(=O)c1cc(F)ccc1F. The minimum Gasteiger partial charge on any atom is -0.296 e. The van der Waals surface area contributed by atoms with Crippen LogP contribution in [0.3, 0.4) is 0 Å². The van der Waals surface area contributed by atoms with Crippen LogP contribution in [0.15, 0.2) is 18.2 Å². The summed E-state index contributed by atoms with van der Waals surface area (Å²) in [5.41, 5.74) is -0.734. The standard InChI is InChI=1S/C12H11F3O2/c1-2-3-10(16)11(15)12(17)8-6-7(13)4-5-9(8)14/h4-6,11H,2-3H2,1H3. The Morgan fingerprint density at radius 1 is 1.29 bits per heavy atom. The Labute approximate surface area is 96.4 Å². The highest BCUT2D eigenvalue weighted by Gasteiger charge is 2.28. The lowest BCUT2D eigenvalue weighted by atomic mass is 10.0. The fourth-order valence-corrected chi connectivity index (χ4v) is 1.34. The molecule has 0 bridgehead atoms. The minimum absolute atomic E-state index is 0.107. The average Bonchev–Trinajstić information content (AvgIpc) is 2.30. The van der Waals surface area contributed by atoms with E-state index in [0.29, 0.717) is 12.5 Å². The van der Waals surface area contributed by atoms with Crippen molar-refractivity contribution in [2.24, 2.45) is 0 Å². The third-order valence-corrected chi connectivity index (χ3v) is 2.20. The van der Waals surface area contributed by atoms with Crippen LogP contribution in [0.2, 0.25) is 0 Å². The van der Waals surface area contributed by atoms with Crippen LogP contribution in [0.1, 0.15) is 30.1 Å². The molecule has 0 radical (unpaired) electrons. The highest BCUT2D eigenvalue weighted by atomic mass is 19.1. The summed E-state index contributed by atoms with van der Waals surface area (Å²) in [6.07, 6.45) is -2.14. The Morgan fingerprint density at radius 3 is 2.53 bits per heavy atom. The van der Waals surface area contributed by atoms with Crippen molar-refractivity contribution in [3.05, 3.63) is 35.4 Å².